The van der Waals surface area contributed by atoms with Crippen LogP contribution in [0.25, 0.3) is 0 Å². The van der Waals surface area contributed by atoms with E-state index in [0.29, 0.717) is 6.04 Å². The SMILES string of the molecule is CCNC(C)(CO)CCCN(C)C(CC)CC. The van der Waals surface area contributed by atoms with E-state index in [1.807, 2.05) is 0 Å². The molecule has 0 rings (SSSR count). The standard InChI is InChI=1S/C14H32N2O/c1-6-13(7-2)16(5)11-9-10-14(4,12-17)15-8-3/h13,15,17H,6-12H2,1-5H3. The number of nitrogens with one attached hydrogen (secondary N) is 1. The Morgan fingerprint density at radius 3 is 2.24 bits per heavy atom. The van der Waals surface area contributed by atoms with Gasteiger partial charge in [-0.05, 0) is 52.7 Å². The quantitative estimate of drug-likeness (QED) is 0.619. The van der Waals surface area contributed by atoms with Gasteiger partial charge >= 0.3 is 0 Å². The molecule has 0 saturated carbocycles. The number of aliphatic hydroxyl groups excluding tert-OH is 1. The summed E-state index contributed by atoms with van der Waals surface area (Å²) >= 11 is 0. The number of likely N-dealkylation sites (N-methyl/N-ethyl adjacent to an activating group) is 1. The molecule has 2 N–H and O–H groups in total. The van der Waals surface area contributed by atoms with Gasteiger partial charge in [0.2, 0.25) is 0 Å². The van der Waals surface area contributed by atoms with E-state index < -0.39 is 0 Å². The molecule has 104 valence electrons. The lowest BCUT2D eigenvalue weighted by atomic mass is 9.96. The lowest BCUT2D eigenvalue weighted by Gasteiger charge is -2.31. The van der Waals surface area contributed by atoms with Crippen LogP contribution in [0, 0.1) is 0 Å². The normalized spacial score (nSPS) is 15.5. The molecule has 0 amide bonds. The smallest absolute Gasteiger partial charge is 0.0610 e. The third-order valence-electron chi connectivity index (χ3n) is 3.76. The lowest BCUT2D eigenvalue weighted by Crippen LogP contribution is -2.46. The Kier molecular flexibility index (Phi) is 8.83. The zero-order valence-electron chi connectivity index (χ0n) is 12.4. The summed E-state index contributed by atoms with van der Waals surface area (Å²) in [7, 11) is 2.21. The molecule has 0 aliphatic carbocycles. The molecular formula is C14H32N2O. The fraction of sp³-hybridized carbons (Fsp3) is 1.00. The largest absolute Gasteiger partial charge is 0.394 e. The molecule has 0 aromatic rings. The van der Waals surface area contributed by atoms with Gasteiger partial charge < -0.3 is 15.3 Å². The fourth-order valence-electron chi connectivity index (χ4n) is 2.46. The minimum absolute atomic E-state index is 0.108. The number of hydrogen-bond acceptors (Lipinski definition) is 3. The Morgan fingerprint density at radius 2 is 1.82 bits per heavy atom. The Bertz CT molecular complexity index is 183. The summed E-state index contributed by atoms with van der Waals surface area (Å²) in [6, 6.07) is 0.703. The molecule has 0 radical (unpaired) electrons. The zero-order chi connectivity index (χ0) is 13.3. The van der Waals surface area contributed by atoms with Crippen LogP contribution < -0.4 is 5.32 Å². The first-order valence-corrected chi connectivity index (χ1v) is 7.09. The molecular weight excluding hydrogens is 212 g/mol. The molecule has 0 heterocycles. The minimum Gasteiger partial charge on any atom is -0.394 e. The molecule has 1 unspecified atom stereocenters. The van der Waals surface area contributed by atoms with Crippen molar-refractivity contribution in [3.8, 4) is 0 Å². The maximum atomic E-state index is 9.41. The maximum Gasteiger partial charge on any atom is 0.0610 e. The monoisotopic (exact) mass is 244 g/mol. The topological polar surface area (TPSA) is 35.5 Å². The lowest BCUT2D eigenvalue weighted by molar-refractivity contribution is 0.154. The third-order valence-corrected chi connectivity index (χ3v) is 3.76. The molecule has 0 bridgehead atoms. The number of hydrogen-bond donors (Lipinski definition) is 2. The highest BCUT2D eigenvalue weighted by molar-refractivity contribution is 4.82. The van der Waals surface area contributed by atoms with E-state index >= 15 is 0 Å². The Labute approximate surface area is 108 Å². The predicted molar refractivity (Wildman–Crippen MR) is 75.4 cm³/mol. The third kappa shape index (κ3) is 6.39. The summed E-state index contributed by atoms with van der Waals surface area (Å²) in [4.78, 5) is 2.45. The van der Waals surface area contributed by atoms with Gasteiger partial charge in [0.05, 0.1) is 6.61 Å². The molecule has 0 aromatic heterocycles. The summed E-state index contributed by atoms with van der Waals surface area (Å²) in [5.74, 6) is 0. The van der Waals surface area contributed by atoms with Gasteiger partial charge in [-0.15, -0.1) is 0 Å². The van der Waals surface area contributed by atoms with Gasteiger partial charge in [-0.3, -0.25) is 0 Å². The summed E-state index contributed by atoms with van der Waals surface area (Å²) in [5.41, 5.74) is -0.108. The van der Waals surface area contributed by atoms with Crippen LogP contribution in [0.1, 0.15) is 53.4 Å². The molecule has 17 heavy (non-hydrogen) atoms. The van der Waals surface area contributed by atoms with Gasteiger partial charge in [-0.25, -0.2) is 0 Å². The maximum absolute atomic E-state index is 9.41. The fourth-order valence-corrected chi connectivity index (χ4v) is 2.46. The van der Waals surface area contributed by atoms with Crippen LogP contribution in [0.15, 0.2) is 0 Å². The van der Waals surface area contributed by atoms with Gasteiger partial charge in [0.1, 0.15) is 0 Å². The van der Waals surface area contributed by atoms with Gasteiger partial charge in [-0.1, -0.05) is 20.8 Å². The molecule has 0 spiro atoms. The highest BCUT2D eigenvalue weighted by Gasteiger charge is 2.21. The highest BCUT2D eigenvalue weighted by Crippen LogP contribution is 2.13. The summed E-state index contributed by atoms with van der Waals surface area (Å²) in [5, 5.41) is 12.8. The van der Waals surface area contributed by atoms with E-state index in [1.165, 1.54) is 12.8 Å². The van der Waals surface area contributed by atoms with E-state index in [9.17, 15) is 5.11 Å². The van der Waals surface area contributed by atoms with E-state index in [2.05, 4.69) is 45.0 Å². The molecule has 3 heteroatoms. The highest BCUT2D eigenvalue weighted by atomic mass is 16.3. The molecule has 0 aromatic carbocycles. The van der Waals surface area contributed by atoms with Gasteiger partial charge in [0.25, 0.3) is 0 Å². The van der Waals surface area contributed by atoms with Crippen molar-refractivity contribution >= 4 is 0 Å². The van der Waals surface area contributed by atoms with Crippen molar-refractivity contribution in [3.63, 3.8) is 0 Å². The van der Waals surface area contributed by atoms with Crippen molar-refractivity contribution in [1.82, 2.24) is 10.2 Å². The van der Waals surface area contributed by atoms with Gasteiger partial charge in [0, 0.05) is 11.6 Å². The van der Waals surface area contributed by atoms with Crippen LogP contribution in [-0.4, -0.2) is 48.3 Å². The second-order valence-corrected chi connectivity index (χ2v) is 5.30. The van der Waals surface area contributed by atoms with Gasteiger partial charge in [-0.2, -0.15) is 0 Å². The molecule has 0 saturated heterocycles. The molecule has 1 atom stereocenters. The van der Waals surface area contributed by atoms with E-state index in [1.54, 1.807) is 0 Å². The second kappa shape index (κ2) is 8.90. The van der Waals surface area contributed by atoms with Crippen LogP contribution in [0.2, 0.25) is 0 Å². The Hall–Kier alpha value is -0.120. The molecule has 3 nitrogen and oxygen atoms in total. The van der Waals surface area contributed by atoms with Crippen molar-refractivity contribution in [2.75, 3.05) is 26.7 Å². The van der Waals surface area contributed by atoms with Gasteiger partial charge in [0.15, 0.2) is 0 Å². The van der Waals surface area contributed by atoms with Crippen molar-refractivity contribution in [1.29, 1.82) is 0 Å². The first-order valence-electron chi connectivity index (χ1n) is 7.09. The van der Waals surface area contributed by atoms with E-state index in [-0.39, 0.29) is 12.1 Å². The second-order valence-electron chi connectivity index (χ2n) is 5.30. The molecule has 0 fully saturated rings. The van der Waals surface area contributed by atoms with Crippen LogP contribution >= 0.6 is 0 Å². The van der Waals surface area contributed by atoms with Crippen molar-refractivity contribution in [2.24, 2.45) is 0 Å². The summed E-state index contributed by atoms with van der Waals surface area (Å²) in [6.07, 6.45) is 4.61. The van der Waals surface area contributed by atoms with Crippen molar-refractivity contribution < 1.29 is 5.11 Å². The van der Waals surface area contributed by atoms with Crippen LogP contribution in [-0.2, 0) is 0 Å². The summed E-state index contributed by atoms with van der Waals surface area (Å²) in [6.45, 7) is 10.9. The molecule has 0 aliphatic heterocycles. The summed E-state index contributed by atoms with van der Waals surface area (Å²) < 4.78 is 0. The number of nitrogens with zero attached hydrogens (tertiary/aromatic N) is 1. The van der Waals surface area contributed by atoms with Crippen molar-refractivity contribution in [2.45, 2.75) is 65.0 Å². The Morgan fingerprint density at radius 1 is 1.24 bits per heavy atom. The first-order chi connectivity index (χ1) is 8.02. The van der Waals surface area contributed by atoms with Crippen LogP contribution in [0.5, 0.6) is 0 Å². The van der Waals surface area contributed by atoms with Crippen LogP contribution in [0.4, 0.5) is 0 Å². The van der Waals surface area contributed by atoms with Crippen molar-refractivity contribution in [3.05, 3.63) is 0 Å². The Balaban J connectivity index is 3.95. The zero-order valence-corrected chi connectivity index (χ0v) is 12.4. The minimum atomic E-state index is -0.108. The number of rotatable bonds is 10. The predicted octanol–water partition coefficient (Wildman–Crippen LogP) is 2.25. The average Bonchev–Trinajstić information content (AvgIpc) is 2.31. The average molecular weight is 244 g/mol. The number of aliphatic hydroxyl groups is 1. The molecule has 0 aliphatic rings. The van der Waals surface area contributed by atoms with E-state index in [0.717, 1.165) is 25.9 Å². The first kappa shape index (κ1) is 16.9. The van der Waals surface area contributed by atoms with E-state index in [4.69, 9.17) is 0 Å². The van der Waals surface area contributed by atoms with Crippen LogP contribution in [0.3, 0.4) is 0 Å².